The Hall–Kier alpha value is -2.94. The van der Waals surface area contributed by atoms with Crippen LogP contribution in [-0.2, 0) is 18.3 Å². The van der Waals surface area contributed by atoms with Crippen LogP contribution in [0.5, 0.6) is 0 Å². The number of nitrogens with one attached hydrogen (secondary N) is 1. The monoisotopic (exact) mass is 497 g/mol. The van der Waals surface area contributed by atoms with Crippen molar-refractivity contribution < 1.29 is 14.5 Å². The number of aromatic nitrogens is 3. The third-order valence-corrected chi connectivity index (χ3v) is 7.56. The molecule has 1 amide bonds. The van der Waals surface area contributed by atoms with Crippen molar-refractivity contribution in [2.75, 3.05) is 0 Å². The minimum Gasteiger partial charge on any atom is -0.409 e. The lowest BCUT2D eigenvalue weighted by atomic mass is 9.56. The lowest BCUT2D eigenvalue weighted by Crippen LogP contribution is -2.45. The molecule has 3 aromatic rings. The zero-order valence-electron chi connectivity index (χ0n) is 18.1. The Morgan fingerprint density at radius 2 is 2.12 bits per heavy atom. The molecule has 32 heavy (non-hydrogen) atoms. The number of oxime groups is 1. The van der Waals surface area contributed by atoms with Gasteiger partial charge in [0.05, 0.1) is 17.6 Å². The highest BCUT2D eigenvalue weighted by Gasteiger charge is 2.52. The predicted molar refractivity (Wildman–Crippen MR) is 121 cm³/mol. The largest absolute Gasteiger partial charge is 0.409 e. The lowest BCUT2D eigenvalue weighted by Gasteiger charge is -2.47. The molecule has 2 aliphatic rings. The Bertz CT molecular complexity index is 1230. The molecule has 0 spiro atoms. The van der Waals surface area contributed by atoms with Crippen molar-refractivity contribution in [3.8, 4) is 5.69 Å². The topological polar surface area (TPSA) is 106 Å². The van der Waals surface area contributed by atoms with Crippen molar-refractivity contribution in [2.24, 2.45) is 11.1 Å². The smallest absolute Gasteiger partial charge is 0.277 e. The Morgan fingerprint density at radius 1 is 1.38 bits per heavy atom. The first-order chi connectivity index (χ1) is 15.3. The highest BCUT2D eigenvalue weighted by molar-refractivity contribution is 9.10. The first kappa shape index (κ1) is 20.9. The summed E-state index contributed by atoms with van der Waals surface area (Å²) in [5.74, 6) is 1.27. The molecule has 0 fully saturated rings. The second-order valence-electron chi connectivity index (χ2n) is 8.95. The molecule has 0 saturated carbocycles. The molecule has 0 unspecified atom stereocenters. The van der Waals surface area contributed by atoms with Gasteiger partial charge in [0.1, 0.15) is 11.6 Å². The van der Waals surface area contributed by atoms with Crippen LogP contribution in [0.1, 0.15) is 66.2 Å². The molecule has 2 aliphatic carbocycles. The molecule has 5 rings (SSSR count). The molecule has 3 atom stereocenters. The second-order valence-corrected chi connectivity index (χ2v) is 9.86. The van der Waals surface area contributed by atoms with Crippen LogP contribution in [0.25, 0.3) is 5.69 Å². The average molecular weight is 498 g/mol. The maximum absolute atomic E-state index is 13.1. The highest BCUT2D eigenvalue weighted by atomic mass is 79.9. The Kier molecular flexibility index (Phi) is 4.96. The van der Waals surface area contributed by atoms with Gasteiger partial charge in [0.2, 0.25) is 0 Å². The van der Waals surface area contributed by atoms with Gasteiger partial charge in [-0.2, -0.15) is 5.10 Å². The quantitative estimate of drug-likeness (QED) is 0.237. The van der Waals surface area contributed by atoms with Gasteiger partial charge in [0.25, 0.3) is 5.91 Å². The van der Waals surface area contributed by atoms with Crippen LogP contribution < -0.4 is 5.32 Å². The number of amides is 1. The van der Waals surface area contributed by atoms with Crippen molar-refractivity contribution >= 4 is 27.7 Å². The number of benzene rings is 1. The maximum Gasteiger partial charge on any atom is 0.277 e. The number of rotatable bonds is 2. The molecule has 2 heterocycles. The van der Waals surface area contributed by atoms with Crippen molar-refractivity contribution in [1.29, 1.82) is 0 Å². The van der Waals surface area contributed by atoms with Crippen LogP contribution in [0.15, 0.2) is 44.6 Å². The molecular formula is C23H24BrN5O3. The Morgan fingerprint density at radius 3 is 2.84 bits per heavy atom. The minimum atomic E-state index is -0.371. The third kappa shape index (κ3) is 3.09. The molecule has 0 radical (unpaired) electrons. The lowest BCUT2D eigenvalue weighted by molar-refractivity contribution is 0.0968. The van der Waals surface area contributed by atoms with Crippen LogP contribution in [-0.4, -0.2) is 31.9 Å². The summed E-state index contributed by atoms with van der Waals surface area (Å²) >= 11 is 3.50. The summed E-state index contributed by atoms with van der Waals surface area (Å²) in [5.41, 5.74) is 4.13. The van der Waals surface area contributed by atoms with Gasteiger partial charge < -0.3 is 15.0 Å². The van der Waals surface area contributed by atoms with Crippen LogP contribution in [0.3, 0.4) is 0 Å². The van der Waals surface area contributed by atoms with Gasteiger partial charge in [-0.15, -0.1) is 0 Å². The molecular weight excluding hydrogens is 474 g/mol. The number of hydrogen-bond donors (Lipinski definition) is 2. The van der Waals surface area contributed by atoms with Gasteiger partial charge >= 0.3 is 0 Å². The van der Waals surface area contributed by atoms with E-state index in [4.69, 9.17) is 14.8 Å². The van der Waals surface area contributed by atoms with E-state index in [-0.39, 0.29) is 23.1 Å². The number of carbonyl (C=O) groups is 1. The van der Waals surface area contributed by atoms with E-state index in [2.05, 4.69) is 45.4 Å². The fourth-order valence-corrected chi connectivity index (χ4v) is 5.90. The second kappa shape index (κ2) is 7.58. The molecule has 2 aromatic heterocycles. The van der Waals surface area contributed by atoms with E-state index in [1.165, 1.54) is 6.92 Å². The molecule has 0 aliphatic heterocycles. The maximum atomic E-state index is 13.1. The summed E-state index contributed by atoms with van der Waals surface area (Å²) in [6.45, 7) is 6.00. The van der Waals surface area contributed by atoms with E-state index in [0.717, 1.165) is 52.0 Å². The summed E-state index contributed by atoms with van der Waals surface area (Å²) in [6, 6.07) is 7.92. The zero-order valence-corrected chi connectivity index (χ0v) is 19.7. The van der Waals surface area contributed by atoms with Gasteiger partial charge in [-0.1, -0.05) is 40.1 Å². The Labute approximate surface area is 193 Å². The van der Waals surface area contributed by atoms with Crippen LogP contribution in [0.2, 0.25) is 0 Å². The standard InChI is InChI=1S/C23H24BrN5O3/c1-12-18-9-8-17-19(22(30)26-13(2)28-31)27-29(16-6-4-15(24)5-7-16)21(17)23(18,3)10-14-11-25-32-20(12)14/h4-7,11-12,18,31H,8-10H2,1-3H3,(H,26,28,30)/t12-,18-,23-/m1/s1. The summed E-state index contributed by atoms with van der Waals surface area (Å²) in [4.78, 5) is 13.1. The number of hydrogen-bond acceptors (Lipinski definition) is 6. The summed E-state index contributed by atoms with van der Waals surface area (Å²) in [5, 5.41) is 23.6. The third-order valence-electron chi connectivity index (χ3n) is 7.03. The molecule has 9 heteroatoms. The van der Waals surface area contributed by atoms with Gasteiger partial charge in [-0.25, -0.2) is 4.68 Å². The van der Waals surface area contributed by atoms with Gasteiger partial charge in [0, 0.05) is 26.9 Å². The van der Waals surface area contributed by atoms with E-state index in [9.17, 15) is 4.79 Å². The molecule has 8 nitrogen and oxygen atoms in total. The fraction of sp³-hybridized carbons (Fsp3) is 0.391. The first-order valence-electron chi connectivity index (χ1n) is 10.6. The van der Waals surface area contributed by atoms with E-state index in [1.807, 2.05) is 35.1 Å². The Balaban J connectivity index is 1.71. The summed E-state index contributed by atoms with van der Waals surface area (Å²) < 4.78 is 8.49. The number of fused-ring (bicyclic) bond motifs is 4. The molecule has 0 saturated heterocycles. The van der Waals surface area contributed by atoms with Crippen LogP contribution >= 0.6 is 15.9 Å². The van der Waals surface area contributed by atoms with Crippen molar-refractivity contribution in [3.05, 3.63) is 63.2 Å². The van der Waals surface area contributed by atoms with E-state index in [1.54, 1.807) is 0 Å². The summed E-state index contributed by atoms with van der Waals surface area (Å²) in [6.07, 6.45) is 4.24. The van der Waals surface area contributed by atoms with Crippen LogP contribution in [0, 0.1) is 5.92 Å². The number of nitrogens with zero attached hydrogens (tertiary/aromatic N) is 4. The molecule has 2 N–H and O–H groups in total. The zero-order chi connectivity index (χ0) is 22.6. The highest BCUT2D eigenvalue weighted by Crippen LogP contribution is 2.54. The van der Waals surface area contributed by atoms with Crippen molar-refractivity contribution in [1.82, 2.24) is 20.3 Å². The molecule has 0 bridgehead atoms. The SMILES string of the molecule is C/C(=N\O)NC(=O)c1nn(-c2ccc(Br)cc2)c2c1CC[C@@H]1[C@@H](C)c3oncc3C[C@@]21C. The number of halogens is 1. The molecule has 166 valence electrons. The van der Waals surface area contributed by atoms with Crippen molar-refractivity contribution in [2.45, 2.75) is 51.4 Å². The molecule has 1 aromatic carbocycles. The van der Waals surface area contributed by atoms with E-state index < -0.39 is 0 Å². The van der Waals surface area contributed by atoms with Gasteiger partial charge in [0.15, 0.2) is 5.69 Å². The number of amidine groups is 1. The van der Waals surface area contributed by atoms with Crippen molar-refractivity contribution in [3.63, 3.8) is 0 Å². The average Bonchev–Trinajstić information content (AvgIpc) is 3.39. The normalized spacial score (nSPS) is 24.4. The van der Waals surface area contributed by atoms with Gasteiger partial charge in [-0.05, 0) is 56.4 Å². The van der Waals surface area contributed by atoms with Gasteiger partial charge in [-0.3, -0.25) is 4.79 Å². The summed E-state index contributed by atoms with van der Waals surface area (Å²) in [7, 11) is 0. The van der Waals surface area contributed by atoms with Crippen LogP contribution in [0.4, 0.5) is 0 Å². The van der Waals surface area contributed by atoms with E-state index in [0.29, 0.717) is 11.6 Å². The minimum absolute atomic E-state index is 0.127. The first-order valence-corrected chi connectivity index (χ1v) is 11.4. The fourth-order valence-electron chi connectivity index (χ4n) is 5.64. The predicted octanol–water partition coefficient (Wildman–Crippen LogP) is 4.34. The van der Waals surface area contributed by atoms with E-state index >= 15 is 0 Å². The number of carbonyl (C=O) groups excluding carboxylic acids is 1.